The molecule has 1 aliphatic heterocycles. The number of fused-ring (bicyclic) bond motifs is 1. The van der Waals surface area contributed by atoms with E-state index in [4.69, 9.17) is 17.3 Å². The van der Waals surface area contributed by atoms with Gasteiger partial charge in [0.05, 0.1) is 10.6 Å². The number of carbonyl (C=O) groups is 1. The van der Waals surface area contributed by atoms with Crippen LogP contribution in [-0.4, -0.2) is 11.9 Å². The molecule has 2 N–H and O–H groups in total. The fourth-order valence-electron chi connectivity index (χ4n) is 2.71. The number of halogens is 1. The van der Waals surface area contributed by atoms with Crippen molar-refractivity contribution in [2.24, 2.45) is 0 Å². The Morgan fingerprint density at radius 3 is 2.80 bits per heavy atom. The van der Waals surface area contributed by atoms with Gasteiger partial charge < -0.3 is 10.6 Å². The van der Waals surface area contributed by atoms with Crippen molar-refractivity contribution >= 4 is 28.9 Å². The molecule has 0 saturated carbocycles. The van der Waals surface area contributed by atoms with Crippen LogP contribution < -0.4 is 10.6 Å². The number of nitrogen functional groups attached to an aromatic ring is 1. The van der Waals surface area contributed by atoms with Gasteiger partial charge in [0.2, 0.25) is 0 Å². The number of hydrogen-bond donors (Lipinski definition) is 1. The first-order valence-corrected chi connectivity index (χ1v) is 6.92. The summed E-state index contributed by atoms with van der Waals surface area (Å²) in [5, 5.41) is 0.395. The van der Waals surface area contributed by atoms with Crippen LogP contribution in [0.1, 0.15) is 22.8 Å². The number of rotatable bonds is 1. The van der Waals surface area contributed by atoms with E-state index in [0.29, 0.717) is 16.3 Å². The van der Waals surface area contributed by atoms with Crippen molar-refractivity contribution in [1.29, 1.82) is 0 Å². The maximum atomic E-state index is 12.8. The minimum absolute atomic E-state index is 0.0764. The highest BCUT2D eigenvalue weighted by Gasteiger charge is 2.31. The van der Waals surface area contributed by atoms with E-state index in [1.165, 1.54) is 5.56 Å². The molecule has 0 bridgehead atoms. The second kappa shape index (κ2) is 4.84. The molecular formula is C16H15ClN2O. The Hall–Kier alpha value is -2.00. The number of hydrogen-bond acceptors (Lipinski definition) is 2. The molecule has 4 heteroatoms. The first-order valence-electron chi connectivity index (χ1n) is 6.54. The maximum absolute atomic E-state index is 12.8. The van der Waals surface area contributed by atoms with Gasteiger partial charge in [-0.25, -0.2) is 0 Å². The van der Waals surface area contributed by atoms with E-state index >= 15 is 0 Å². The van der Waals surface area contributed by atoms with Crippen LogP contribution >= 0.6 is 11.6 Å². The standard InChI is InChI=1S/C16H15ClN2O/c1-10-8-11-4-2-3-5-15(11)19(10)16(20)13-7-6-12(18)9-14(13)17/h2-7,9-10H,8,18H2,1H3. The zero-order valence-electron chi connectivity index (χ0n) is 11.1. The summed E-state index contributed by atoms with van der Waals surface area (Å²) in [4.78, 5) is 14.6. The summed E-state index contributed by atoms with van der Waals surface area (Å²) < 4.78 is 0. The molecule has 102 valence electrons. The SMILES string of the molecule is CC1Cc2ccccc2N1C(=O)c1ccc(N)cc1Cl. The number of anilines is 2. The minimum atomic E-state index is -0.0764. The lowest BCUT2D eigenvalue weighted by Crippen LogP contribution is -2.35. The lowest BCUT2D eigenvalue weighted by molar-refractivity contribution is 0.0981. The largest absolute Gasteiger partial charge is 0.399 e. The van der Waals surface area contributed by atoms with Crippen LogP contribution in [0.2, 0.25) is 5.02 Å². The number of amides is 1. The van der Waals surface area contributed by atoms with Crippen molar-refractivity contribution in [3.05, 3.63) is 58.6 Å². The Balaban J connectivity index is 2.03. The summed E-state index contributed by atoms with van der Waals surface area (Å²) in [6.07, 6.45) is 0.870. The molecule has 1 amide bonds. The monoisotopic (exact) mass is 286 g/mol. The highest BCUT2D eigenvalue weighted by atomic mass is 35.5. The van der Waals surface area contributed by atoms with Gasteiger partial charge in [-0.05, 0) is 43.2 Å². The molecule has 3 rings (SSSR count). The van der Waals surface area contributed by atoms with Crippen LogP contribution in [0.15, 0.2) is 42.5 Å². The van der Waals surface area contributed by atoms with Crippen molar-refractivity contribution in [1.82, 2.24) is 0 Å². The van der Waals surface area contributed by atoms with Crippen molar-refractivity contribution in [3.63, 3.8) is 0 Å². The number of nitrogens with zero attached hydrogens (tertiary/aromatic N) is 1. The van der Waals surface area contributed by atoms with E-state index < -0.39 is 0 Å². The molecule has 0 spiro atoms. The Kier molecular flexibility index (Phi) is 3.14. The van der Waals surface area contributed by atoms with Gasteiger partial charge >= 0.3 is 0 Å². The minimum Gasteiger partial charge on any atom is -0.399 e. The highest BCUT2D eigenvalue weighted by Crippen LogP contribution is 2.34. The predicted octanol–water partition coefficient (Wildman–Crippen LogP) is 3.51. The third kappa shape index (κ3) is 2.04. The Morgan fingerprint density at radius 2 is 2.05 bits per heavy atom. The summed E-state index contributed by atoms with van der Waals surface area (Å²) in [5.74, 6) is -0.0764. The number of para-hydroxylation sites is 1. The number of carbonyl (C=O) groups excluding carboxylic acids is 1. The molecule has 1 heterocycles. The zero-order chi connectivity index (χ0) is 14.3. The molecule has 0 aromatic heterocycles. The molecular weight excluding hydrogens is 272 g/mol. The van der Waals surface area contributed by atoms with E-state index in [1.54, 1.807) is 18.2 Å². The smallest absolute Gasteiger partial charge is 0.260 e. The van der Waals surface area contributed by atoms with Gasteiger partial charge in [-0.2, -0.15) is 0 Å². The van der Waals surface area contributed by atoms with Crippen molar-refractivity contribution < 1.29 is 4.79 Å². The van der Waals surface area contributed by atoms with E-state index in [-0.39, 0.29) is 11.9 Å². The van der Waals surface area contributed by atoms with Gasteiger partial charge in [-0.1, -0.05) is 29.8 Å². The van der Waals surface area contributed by atoms with Gasteiger partial charge in [-0.3, -0.25) is 4.79 Å². The second-order valence-corrected chi connectivity index (χ2v) is 5.50. The summed E-state index contributed by atoms with van der Waals surface area (Å²) in [5.41, 5.74) is 8.89. The molecule has 0 aliphatic carbocycles. The third-order valence-electron chi connectivity index (χ3n) is 3.65. The average Bonchev–Trinajstić information content (AvgIpc) is 2.73. The van der Waals surface area contributed by atoms with Gasteiger partial charge in [0.25, 0.3) is 5.91 Å². The normalized spacial score (nSPS) is 17.1. The fourth-order valence-corrected chi connectivity index (χ4v) is 2.98. The first kappa shape index (κ1) is 13.0. The fraction of sp³-hybridized carbons (Fsp3) is 0.188. The van der Waals surface area contributed by atoms with Gasteiger partial charge in [0.1, 0.15) is 0 Å². The lowest BCUT2D eigenvalue weighted by Gasteiger charge is -2.23. The van der Waals surface area contributed by atoms with Crippen LogP contribution in [0.3, 0.4) is 0 Å². The second-order valence-electron chi connectivity index (χ2n) is 5.10. The number of nitrogens with two attached hydrogens (primary N) is 1. The molecule has 2 aromatic rings. The van der Waals surface area contributed by atoms with Crippen LogP contribution in [0, 0.1) is 0 Å². The van der Waals surface area contributed by atoms with Crippen molar-refractivity contribution in [2.45, 2.75) is 19.4 Å². The molecule has 0 fully saturated rings. The Bertz CT molecular complexity index is 684. The molecule has 2 aromatic carbocycles. The summed E-state index contributed by atoms with van der Waals surface area (Å²) in [6.45, 7) is 2.04. The molecule has 0 radical (unpaired) electrons. The van der Waals surface area contributed by atoms with Crippen LogP contribution in [0.25, 0.3) is 0 Å². The van der Waals surface area contributed by atoms with Gasteiger partial charge in [0.15, 0.2) is 0 Å². The molecule has 0 saturated heterocycles. The lowest BCUT2D eigenvalue weighted by atomic mass is 10.1. The van der Waals surface area contributed by atoms with Crippen molar-refractivity contribution in [2.75, 3.05) is 10.6 Å². The van der Waals surface area contributed by atoms with Gasteiger partial charge in [-0.15, -0.1) is 0 Å². The van der Waals surface area contributed by atoms with E-state index in [2.05, 4.69) is 6.07 Å². The van der Waals surface area contributed by atoms with Crippen LogP contribution in [-0.2, 0) is 6.42 Å². The molecule has 1 atom stereocenters. The maximum Gasteiger partial charge on any atom is 0.260 e. The first-order chi connectivity index (χ1) is 9.58. The summed E-state index contributed by atoms with van der Waals surface area (Å²) in [6, 6.07) is 13.1. The van der Waals surface area contributed by atoms with E-state index in [1.807, 2.05) is 30.0 Å². The van der Waals surface area contributed by atoms with E-state index in [0.717, 1.165) is 12.1 Å². The summed E-state index contributed by atoms with van der Waals surface area (Å²) in [7, 11) is 0. The van der Waals surface area contributed by atoms with Crippen LogP contribution in [0.4, 0.5) is 11.4 Å². The average molecular weight is 287 g/mol. The topological polar surface area (TPSA) is 46.3 Å². The Labute approximate surface area is 123 Å². The summed E-state index contributed by atoms with van der Waals surface area (Å²) >= 11 is 6.15. The molecule has 3 nitrogen and oxygen atoms in total. The van der Waals surface area contributed by atoms with Gasteiger partial charge in [0, 0.05) is 17.4 Å². The zero-order valence-corrected chi connectivity index (χ0v) is 11.9. The van der Waals surface area contributed by atoms with Crippen molar-refractivity contribution in [3.8, 4) is 0 Å². The highest BCUT2D eigenvalue weighted by molar-refractivity contribution is 6.35. The molecule has 1 aliphatic rings. The molecule has 20 heavy (non-hydrogen) atoms. The number of benzene rings is 2. The quantitative estimate of drug-likeness (QED) is 0.816. The van der Waals surface area contributed by atoms with E-state index in [9.17, 15) is 4.79 Å². The third-order valence-corrected chi connectivity index (χ3v) is 3.96. The Morgan fingerprint density at radius 1 is 1.30 bits per heavy atom. The predicted molar refractivity (Wildman–Crippen MR) is 82.3 cm³/mol. The molecule has 1 unspecified atom stereocenters. The van der Waals surface area contributed by atoms with Crippen LogP contribution in [0.5, 0.6) is 0 Å².